The van der Waals surface area contributed by atoms with Gasteiger partial charge in [-0.05, 0) is 60.9 Å². The lowest BCUT2D eigenvalue weighted by atomic mass is 10.1. The van der Waals surface area contributed by atoms with Crippen LogP contribution in [0.3, 0.4) is 0 Å². The van der Waals surface area contributed by atoms with E-state index < -0.39 is 0 Å². The molecule has 35 heavy (non-hydrogen) atoms. The topological polar surface area (TPSA) is 74.2 Å². The Morgan fingerprint density at radius 3 is 2.20 bits per heavy atom. The van der Waals surface area contributed by atoms with Crippen LogP contribution in [0.25, 0.3) is 0 Å². The molecular weight excluding hydrogens is 442 g/mol. The van der Waals surface area contributed by atoms with Crippen molar-refractivity contribution in [3.8, 4) is 11.5 Å². The summed E-state index contributed by atoms with van der Waals surface area (Å²) in [7, 11) is 1.54. The fourth-order valence-corrected chi connectivity index (χ4v) is 3.47. The maximum Gasteiger partial charge on any atom is 0.338 e. The van der Waals surface area contributed by atoms with Crippen LogP contribution in [-0.2, 0) is 9.53 Å². The minimum Gasteiger partial charge on any atom is -0.493 e. The number of carbonyl (C=O) groups excluding carboxylic acids is 2. The number of nitrogens with zero attached hydrogens (tertiary/aromatic N) is 1. The van der Waals surface area contributed by atoms with E-state index in [0.717, 1.165) is 37.7 Å². The molecular formula is C29H39NO5. The minimum absolute atomic E-state index is 0.244. The summed E-state index contributed by atoms with van der Waals surface area (Å²) >= 11 is 0. The van der Waals surface area contributed by atoms with Gasteiger partial charge in [0.15, 0.2) is 11.5 Å². The van der Waals surface area contributed by atoms with Crippen LogP contribution >= 0.6 is 0 Å². The van der Waals surface area contributed by atoms with Crippen LogP contribution in [0.15, 0.2) is 47.5 Å². The Hall–Kier alpha value is -3.15. The molecule has 0 unspecified atom stereocenters. The van der Waals surface area contributed by atoms with E-state index in [1.54, 1.807) is 49.7 Å². The molecule has 0 bridgehead atoms. The Morgan fingerprint density at radius 1 is 0.829 bits per heavy atom. The van der Waals surface area contributed by atoms with Crippen LogP contribution in [0.1, 0.15) is 94.0 Å². The molecule has 6 nitrogen and oxygen atoms in total. The Kier molecular flexibility index (Phi) is 13.2. The van der Waals surface area contributed by atoms with Gasteiger partial charge in [0.05, 0.1) is 25.0 Å². The lowest BCUT2D eigenvalue weighted by molar-refractivity contribution is -0.134. The largest absolute Gasteiger partial charge is 0.493 e. The number of benzene rings is 2. The number of unbranched alkanes of at least 4 members (excludes halogenated alkanes) is 7. The molecule has 190 valence electrons. The zero-order valence-electron chi connectivity index (χ0n) is 21.4. The predicted octanol–water partition coefficient (Wildman–Crippen LogP) is 7.45. The molecule has 0 atom stereocenters. The first kappa shape index (κ1) is 28.1. The third kappa shape index (κ3) is 10.8. The van der Waals surface area contributed by atoms with Gasteiger partial charge < -0.3 is 14.2 Å². The van der Waals surface area contributed by atoms with E-state index in [9.17, 15) is 9.59 Å². The number of rotatable bonds is 16. The van der Waals surface area contributed by atoms with Crippen molar-refractivity contribution in [1.29, 1.82) is 0 Å². The molecule has 0 radical (unpaired) electrons. The first-order valence-corrected chi connectivity index (χ1v) is 12.8. The van der Waals surface area contributed by atoms with E-state index >= 15 is 0 Å². The summed E-state index contributed by atoms with van der Waals surface area (Å²) in [5.41, 5.74) is 2.01. The number of esters is 2. The molecule has 0 aliphatic heterocycles. The zero-order chi connectivity index (χ0) is 25.3. The number of hydrogen-bond donors (Lipinski definition) is 0. The smallest absolute Gasteiger partial charge is 0.338 e. The van der Waals surface area contributed by atoms with Gasteiger partial charge in [0.25, 0.3) is 0 Å². The second kappa shape index (κ2) is 16.5. The number of methoxy groups -OCH3 is 1. The second-order valence-electron chi connectivity index (χ2n) is 8.55. The van der Waals surface area contributed by atoms with Crippen molar-refractivity contribution in [2.45, 2.75) is 78.1 Å². The number of ether oxygens (including phenoxy) is 3. The molecule has 0 fully saturated rings. The van der Waals surface area contributed by atoms with Crippen LogP contribution in [0.4, 0.5) is 5.69 Å². The molecule has 0 spiro atoms. The Bertz CT molecular complexity index is 937. The van der Waals surface area contributed by atoms with Crippen LogP contribution < -0.4 is 9.47 Å². The number of hydrogen-bond acceptors (Lipinski definition) is 6. The summed E-state index contributed by atoms with van der Waals surface area (Å²) in [5, 5.41) is 0. The maximum absolute atomic E-state index is 12.2. The molecule has 0 aromatic heterocycles. The van der Waals surface area contributed by atoms with Crippen molar-refractivity contribution in [2.75, 3.05) is 13.7 Å². The van der Waals surface area contributed by atoms with E-state index in [4.69, 9.17) is 14.2 Å². The highest BCUT2D eigenvalue weighted by Crippen LogP contribution is 2.28. The van der Waals surface area contributed by atoms with Crippen molar-refractivity contribution < 1.29 is 23.8 Å². The van der Waals surface area contributed by atoms with Gasteiger partial charge in [-0.3, -0.25) is 9.79 Å². The van der Waals surface area contributed by atoms with E-state index in [0.29, 0.717) is 35.8 Å². The van der Waals surface area contributed by atoms with Crippen LogP contribution in [0, 0.1) is 0 Å². The summed E-state index contributed by atoms with van der Waals surface area (Å²) in [4.78, 5) is 28.7. The number of aliphatic imine (C=N–C) groups is 1. The van der Waals surface area contributed by atoms with Crippen molar-refractivity contribution >= 4 is 23.8 Å². The molecule has 0 saturated carbocycles. The van der Waals surface area contributed by atoms with E-state index in [1.807, 2.05) is 13.0 Å². The standard InChI is InChI=1S/C29H39NO5/c1-4-6-8-9-10-11-12-13-28(31)35-26-19-14-23(21-27(26)33-3)22-30-25-17-15-24(16-18-25)29(32)34-20-7-5-2/h14-19,21-22H,4-13,20H2,1-3H3. The fraction of sp³-hybridized carbons (Fsp3) is 0.483. The molecule has 0 heterocycles. The molecule has 2 rings (SSSR count). The normalized spacial score (nSPS) is 10.9. The number of carbonyl (C=O) groups is 2. The summed E-state index contributed by atoms with van der Waals surface area (Å²) < 4.78 is 16.1. The molecule has 0 amide bonds. The molecule has 2 aromatic carbocycles. The van der Waals surface area contributed by atoms with Crippen molar-refractivity contribution in [2.24, 2.45) is 4.99 Å². The van der Waals surface area contributed by atoms with E-state index in [-0.39, 0.29) is 11.9 Å². The fourth-order valence-electron chi connectivity index (χ4n) is 3.47. The Labute approximate surface area is 209 Å². The average Bonchev–Trinajstić information content (AvgIpc) is 2.88. The highest BCUT2D eigenvalue weighted by atomic mass is 16.6. The third-order valence-electron chi connectivity index (χ3n) is 5.59. The monoisotopic (exact) mass is 481 g/mol. The lowest BCUT2D eigenvalue weighted by Crippen LogP contribution is -2.08. The van der Waals surface area contributed by atoms with Crippen LogP contribution in [0.2, 0.25) is 0 Å². The zero-order valence-corrected chi connectivity index (χ0v) is 21.4. The first-order valence-electron chi connectivity index (χ1n) is 12.8. The Morgan fingerprint density at radius 2 is 1.51 bits per heavy atom. The predicted molar refractivity (Wildman–Crippen MR) is 140 cm³/mol. The van der Waals surface area contributed by atoms with Gasteiger partial charge in [0.1, 0.15) is 0 Å². The first-order chi connectivity index (χ1) is 17.1. The maximum atomic E-state index is 12.2. The van der Waals surface area contributed by atoms with Gasteiger partial charge >= 0.3 is 11.9 Å². The average molecular weight is 482 g/mol. The summed E-state index contributed by atoms with van der Waals surface area (Å²) in [6.07, 6.45) is 12.0. The highest BCUT2D eigenvalue weighted by Gasteiger charge is 2.11. The lowest BCUT2D eigenvalue weighted by Gasteiger charge is -2.10. The van der Waals surface area contributed by atoms with Crippen molar-refractivity contribution in [1.82, 2.24) is 0 Å². The summed E-state index contributed by atoms with van der Waals surface area (Å²) in [6, 6.07) is 12.3. The molecule has 2 aromatic rings. The van der Waals surface area contributed by atoms with E-state index in [1.165, 1.54) is 25.7 Å². The van der Waals surface area contributed by atoms with Gasteiger partial charge in [0, 0.05) is 12.6 Å². The van der Waals surface area contributed by atoms with Gasteiger partial charge in [0.2, 0.25) is 0 Å². The molecule has 0 aliphatic rings. The van der Waals surface area contributed by atoms with Crippen molar-refractivity contribution in [3.05, 3.63) is 53.6 Å². The van der Waals surface area contributed by atoms with Crippen LogP contribution in [0.5, 0.6) is 11.5 Å². The highest BCUT2D eigenvalue weighted by molar-refractivity contribution is 5.90. The summed E-state index contributed by atoms with van der Waals surface area (Å²) in [6.45, 7) is 4.69. The minimum atomic E-state index is -0.323. The second-order valence-corrected chi connectivity index (χ2v) is 8.55. The molecule has 0 aliphatic carbocycles. The molecule has 6 heteroatoms. The van der Waals surface area contributed by atoms with Gasteiger partial charge in [-0.25, -0.2) is 4.79 Å². The SMILES string of the molecule is CCCCCCCCCC(=O)Oc1ccc(C=Nc2ccc(C(=O)OCCCC)cc2)cc1OC. The quantitative estimate of drug-likeness (QED) is 0.108. The van der Waals surface area contributed by atoms with Crippen molar-refractivity contribution in [3.63, 3.8) is 0 Å². The van der Waals surface area contributed by atoms with E-state index in [2.05, 4.69) is 11.9 Å². The molecule has 0 saturated heterocycles. The molecule has 0 N–H and O–H groups in total. The van der Waals surface area contributed by atoms with Gasteiger partial charge in [-0.15, -0.1) is 0 Å². The van der Waals surface area contributed by atoms with Gasteiger partial charge in [-0.2, -0.15) is 0 Å². The van der Waals surface area contributed by atoms with Gasteiger partial charge in [-0.1, -0.05) is 58.8 Å². The summed E-state index contributed by atoms with van der Waals surface area (Å²) in [5.74, 6) is 0.318. The third-order valence-corrected chi connectivity index (χ3v) is 5.59. The Balaban J connectivity index is 1.86. The van der Waals surface area contributed by atoms with Crippen LogP contribution in [-0.4, -0.2) is 31.9 Å².